The van der Waals surface area contributed by atoms with Crippen molar-refractivity contribution in [3.63, 3.8) is 0 Å². The number of benzene rings is 1. The van der Waals surface area contributed by atoms with Gasteiger partial charge < -0.3 is 4.74 Å². The first kappa shape index (κ1) is 21.9. The number of nitrogens with zero attached hydrogens (tertiary/aromatic N) is 4. The molecule has 0 unspecified atom stereocenters. The molecule has 9 nitrogen and oxygen atoms in total. The van der Waals surface area contributed by atoms with E-state index < -0.39 is 21.5 Å². The van der Waals surface area contributed by atoms with Gasteiger partial charge in [0.05, 0.1) is 22.3 Å². The fourth-order valence-corrected chi connectivity index (χ4v) is 3.99. The molecule has 4 rings (SSSR count). The Labute approximate surface area is 185 Å². The molecule has 1 aliphatic carbocycles. The van der Waals surface area contributed by atoms with Crippen LogP contribution in [-0.2, 0) is 14.6 Å². The summed E-state index contributed by atoms with van der Waals surface area (Å²) in [7, 11) is -3.43. The third-order valence-corrected chi connectivity index (χ3v) is 6.02. The Balaban J connectivity index is 1.92. The predicted molar refractivity (Wildman–Crippen MR) is 119 cm³/mol. The van der Waals surface area contributed by atoms with Crippen LogP contribution in [0.2, 0.25) is 0 Å². The number of sulfone groups is 1. The Kier molecular flexibility index (Phi) is 5.28. The number of carbonyl (C=O) groups is 2. The number of hydrogen-bond donors (Lipinski definition) is 0. The van der Waals surface area contributed by atoms with Crippen LogP contribution in [0.3, 0.4) is 0 Å². The number of carbonyl (C=O) groups excluding carboxylic acids is 2. The SMILES string of the molecule is CC(C)(C)OC(=O)N(c1cc(-c2cccc(S(C)(=O)=O)c2)nc2c(C=O)cnn12)C1CC1. The molecule has 1 aromatic carbocycles. The van der Waals surface area contributed by atoms with Crippen molar-refractivity contribution in [2.45, 2.75) is 50.2 Å². The van der Waals surface area contributed by atoms with Crippen LogP contribution in [0.25, 0.3) is 16.9 Å². The number of rotatable bonds is 5. The third kappa shape index (κ3) is 4.36. The monoisotopic (exact) mass is 456 g/mol. The van der Waals surface area contributed by atoms with E-state index in [4.69, 9.17) is 4.74 Å². The molecular formula is C22H24N4O5S. The first-order valence-electron chi connectivity index (χ1n) is 10.1. The summed E-state index contributed by atoms with van der Waals surface area (Å²) in [5.74, 6) is 0.402. The molecule has 32 heavy (non-hydrogen) atoms. The number of anilines is 1. The molecule has 0 N–H and O–H groups in total. The topological polar surface area (TPSA) is 111 Å². The fraction of sp³-hybridized carbons (Fsp3) is 0.364. The zero-order valence-corrected chi connectivity index (χ0v) is 19.1. The average molecular weight is 457 g/mol. The average Bonchev–Trinajstić information content (AvgIpc) is 3.44. The normalized spacial score (nSPS) is 14.4. The van der Waals surface area contributed by atoms with E-state index in [-0.39, 0.29) is 22.1 Å². The molecule has 3 aromatic rings. The highest BCUT2D eigenvalue weighted by atomic mass is 32.2. The van der Waals surface area contributed by atoms with Crippen LogP contribution in [0.1, 0.15) is 44.0 Å². The lowest BCUT2D eigenvalue weighted by Crippen LogP contribution is -2.39. The quantitative estimate of drug-likeness (QED) is 0.540. The third-order valence-electron chi connectivity index (χ3n) is 4.91. The summed E-state index contributed by atoms with van der Waals surface area (Å²) in [5, 5.41) is 4.27. The van der Waals surface area contributed by atoms with E-state index in [0.717, 1.165) is 19.1 Å². The molecule has 2 aromatic heterocycles. The van der Waals surface area contributed by atoms with Gasteiger partial charge in [-0.2, -0.15) is 9.61 Å². The van der Waals surface area contributed by atoms with E-state index in [0.29, 0.717) is 23.4 Å². The van der Waals surface area contributed by atoms with Crippen LogP contribution in [0.15, 0.2) is 41.4 Å². The van der Waals surface area contributed by atoms with Crippen molar-refractivity contribution in [2.24, 2.45) is 0 Å². The van der Waals surface area contributed by atoms with Gasteiger partial charge in [-0.25, -0.2) is 18.2 Å². The fourth-order valence-electron chi connectivity index (χ4n) is 3.33. The van der Waals surface area contributed by atoms with E-state index in [2.05, 4.69) is 10.1 Å². The molecule has 1 saturated carbocycles. The molecule has 0 aliphatic heterocycles. The molecule has 168 valence electrons. The van der Waals surface area contributed by atoms with E-state index in [1.54, 1.807) is 39.0 Å². The summed E-state index contributed by atoms with van der Waals surface area (Å²) in [6.45, 7) is 5.37. The van der Waals surface area contributed by atoms with Crippen LogP contribution in [0, 0.1) is 0 Å². The van der Waals surface area contributed by atoms with Crippen LogP contribution >= 0.6 is 0 Å². The minimum atomic E-state index is -3.43. The van der Waals surface area contributed by atoms with Crippen LogP contribution in [0.5, 0.6) is 0 Å². The minimum absolute atomic E-state index is 0.0606. The lowest BCUT2D eigenvalue weighted by atomic mass is 10.1. The van der Waals surface area contributed by atoms with E-state index in [9.17, 15) is 18.0 Å². The minimum Gasteiger partial charge on any atom is -0.443 e. The maximum absolute atomic E-state index is 13.1. The van der Waals surface area contributed by atoms with Crippen LogP contribution < -0.4 is 4.90 Å². The Morgan fingerprint density at radius 1 is 1.25 bits per heavy atom. The van der Waals surface area contributed by atoms with Crippen molar-refractivity contribution >= 4 is 33.7 Å². The van der Waals surface area contributed by atoms with Crippen LogP contribution in [0.4, 0.5) is 10.6 Å². The van der Waals surface area contributed by atoms with Gasteiger partial charge >= 0.3 is 6.09 Å². The van der Waals surface area contributed by atoms with Crippen molar-refractivity contribution in [1.82, 2.24) is 14.6 Å². The van der Waals surface area contributed by atoms with E-state index >= 15 is 0 Å². The van der Waals surface area contributed by atoms with E-state index in [1.807, 2.05) is 0 Å². The van der Waals surface area contributed by atoms with Crippen molar-refractivity contribution in [3.05, 3.63) is 42.1 Å². The highest BCUT2D eigenvalue weighted by Crippen LogP contribution is 2.35. The predicted octanol–water partition coefficient (Wildman–Crippen LogP) is 3.52. The van der Waals surface area contributed by atoms with Crippen molar-refractivity contribution in [2.75, 3.05) is 11.2 Å². The maximum atomic E-state index is 13.1. The molecule has 1 aliphatic rings. The second-order valence-corrected chi connectivity index (χ2v) is 10.9. The van der Waals surface area contributed by atoms with Crippen molar-refractivity contribution in [3.8, 4) is 11.3 Å². The Morgan fingerprint density at radius 3 is 2.56 bits per heavy atom. The first-order valence-corrected chi connectivity index (χ1v) is 12.0. The lowest BCUT2D eigenvalue weighted by Gasteiger charge is -2.27. The van der Waals surface area contributed by atoms with Gasteiger partial charge in [0, 0.05) is 23.9 Å². The van der Waals surface area contributed by atoms with Gasteiger partial charge in [-0.15, -0.1) is 0 Å². The van der Waals surface area contributed by atoms with Crippen molar-refractivity contribution < 1.29 is 22.7 Å². The van der Waals surface area contributed by atoms with E-state index in [1.165, 1.54) is 27.7 Å². The largest absolute Gasteiger partial charge is 0.443 e. The molecular weight excluding hydrogens is 432 g/mol. The first-order chi connectivity index (χ1) is 15.0. The number of fused-ring (bicyclic) bond motifs is 1. The lowest BCUT2D eigenvalue weighted by molar-refractivity contribution is 0.0576. The molecule has 1 amide bonds. The molecule has 0 saturated heterocycles. The number of aldehydes is 1. The molecule has 10 heteroatoms. The highest BCUT2D eigenvalue weighted by molar-refractivity contribution is 7.90. The zero-order valence-electron chi connectivity index (χ0n) is 18.3. The summed E-state index contributed by atoms with van der Waals surface area (Å²) >= 11 is 0. The smallest absolute Gasteiger partial charge is 0.416 e. The van der Waals surface area contributed by atoms with Crippen molar-refractivity contribution in [1.29, 1.82) is 0 Å². The maximum Gasteiger partial charge on any atom is 0.416 e. The Morgan fingerprint density at radius 2 is 1.97 bits per heavy atom. The van der Waals surface area contributed by atoms with Gasteiger partial charge in [0.25, 0.3) is 0 Å². The summed E-state index contributed by atoms with van der Waals surface area (Å²) in [5.41, 5.74) is 0.783. The second kappa shape index (κ2) is 7.70. The summed E-state index contributed by atoms with van der Waals surface area (Å²) in [4.78, 5) is 30.9. The number of ether oxygens (including phenoxy) is 1. The second-order valence-electron chi connectivity index (χ2n) is 8.83. The van der Waals surface area contributed by atoms with Gasteiger partial charge in [-0.05, 0) is 45.7 Å². The van der Waals surface area contributed by atoms with Gasteiger partial charge in [0.2, 0.25) is 0 Å². The molecule has 1 fully saturated rings. The zero-order chi connectivity index (χ0) is 23.3. The van der Waals surface area contributed by atoms with Crippen LogP contribution in [-0.4, -0.2) is 53.3 Å². The summed E-state index contributed by atoms with van der Waals surface area (Å²) in [6.07, 6.45) is 4.26. The molecule has 0 atom stereocenters. The number of aromatic nitrogens is 3. The summed E-state index contributed by atoms with van der Waals surface area (Å²) in [6, 6.07) is 7.98. The highest BCUT2D eigenvalue weighted by Gasteiger charge is 2.38. The molecule has 0 radical (unpaired) electrons. The van der Waals surface area contributed by atoms with Gasteiger partial charge in [-0.1, -0.05) is 12.1 Å². The Hall–Kier alpha value is -3.27. The standard InChI is InChI=1S/C22H24N4O5S/c1-22(2,3)31-21(28)25(16-8-9-16)19-11-18(24-20-15(13-27)12-23-26(19)20)14-6-5-7-17(10-14)32(4,29)30/h5-7,10-13,16H,8-9H2,1-4H3. The van der Waals surface area contributed by atoms with Gasteiger partial charge in [-0.3, -0.25) is 9.69 Å². The number of amides is 1. The molecule has 0 spiro atoms. The number of hydrogen-bond acceptors (Lipinski definition) is 7. The molecule has 0 bridgehead atoms. The molecule has 2 heterocycles. The van der Waals surface area contributed by atoms with Gasteiger partial charge in [0.15, 0.2) is 21.8 Å². The summed E-state index contributed by atoms with van der Waals surface area (Å²) < 4.78 is 31.1. The Bertz CT molecular complexity index is 1320. The van der Waals surface area contributed by atoms with Gasteiger partial charge in [0.1, 0.15) is 11.4 Å².